The van der Waals surface area contributed by atoms with Crippen LogP contribution in [0, 0.1) is 0 Å². The van der Waals surface area contributed by atoms with Crippen molar-refractivity contribution in [1.29, 1.82) is 0 Å². The van der Waals surface area contributed by atoms with Gasteiger partial charge < -0.3 is 9.84 Å². The summed E-state index contributed by atoms with van der Waals surface area (Å²) in [6.07, 6.45) is 0. The Labute approximate surface area is 72.1 Å². The number of hydrogen-bond acceptors (Lipinski definition) is 3. The van der Waals surface area contributed by atoms with E-state index < -0.39 is 11.6 Å². The zero-order valence-electron chi connectivity index (χ0n) is 7.54. The van der Waals surface area contributed by atoms with Gasteiger partial charge in [0.1, 0.15) is 0 Å². The predicted molar refractivity (Wildman–Crippen MR) is 44.1 cm³/mol. The van der Waals surface area contributed by atoms with Gasteiger partial charge in [0.2, 0.25) is 0 Å². The Hall–Kier alpha value is -0.610. The number of nitrogens with zero attached hydrogens (tertiary/aromatic N) is 1. The first-order valence-electron chi connectivity index (χ1n) is 4.18. The first-order valence-corrected chi connectivity index (χ1v) is 4.18. The molecule has 0 aromatic carbocycles. The van der Waals surface area contributed by atoms with Crippen molar-refractivity contribution < 1.29 is 14.6 Å². The van der Waals surface area contributed by atoms with Crippen LogP contribution in [-0.4, -0.2) is 47.8 Å². The summed E-state index contributed by atoms with van der Waals surface area (Å²) in [4.78, 5) is 12.9. The molecule has 1 heterocycles. The molecule has 0 aliphatic carbocycles. The zero-order chi connectivity index (χ0) is 9.19. The first kappa shape index (κ1) is 9.48. The van der Waals surface area contributed by atoms with Crippen LogP contribution in [0.25, 0.3) is 0 Å². The van der Waals surface area contributed by atoms with Crippen LogP contribution in [0.3, 0.4) is 0 Å². The average molecular weight is 173 g/mol. The highest BCUT2D eigenvalue weighted by Gasteiger charge is 2.38. The van der Waals surface area contributed by atoms with Crippen molar-refractivity contribution in [2.24, 2.45) is 0 Å². The fraction of sp³-hybridized carbons (Fsp3) is 0.875. The van der Waals surface area contributed by atoms with Crippen LogP contribution in [0.2, 0.25) is 0 Å². The average Bonchev–Trinajstić information content (AvgIpc) is 2.04. The van der Waals surface area contributed by atoms with Crippen LogP contribution >= 0.6 is 0 Å². The maximum atomic E-state index is 10.8. The van der Waals surface area contributed by atoms with Crippen molar-refractivity contribution in [3.05, 3.63) is 0 Å². The molecule has 12 heavy (non-hydrogen) atoms. The van der Waals surface area contributed by atoms with Gasteiger partial charge >= 0.3 is 5.97 Å². The van der Waals surface area contributed by atoms with E-state index in [0.29, 0.717) is 13.2 Å². The number of ether oxygens (including phenoxy) is 1. The molecule has 0 bridgehead atoms. The van der Waals surface area contributed by atoms with Crippen LogP contribution < -0.4 is 0 Å². The van der Waals surface area contributed by atoms with Gasteiger partial charge in [-0.3, -0.25) is 4.90 Å². The largest absolute Gasteiger partial charge is 0.479 e. The third-order valence-corrected chi connectivity index (χ3v) is 2.25. The molecule has 70 valence electrons. The maximum Gasteiger partial charge on any atom is 0.337 e. The first-order chi connectivity index (χ1) is 5.58. The summed E-state index contributed by atoms with van der Waals surface area (Å²) in [6, 6.07) is 0. The third-order valence-electron chi connectivity index (χ3n) is 2.25. The van der Waals surface area contributed by atoms with E-state index in [4.69, 9.17) is 9.84 Å². The number of likely N-dealkylation sites (N-methyl/N-ethyl adjacent to an activating group) is 1. The monoisotopic (exact) mass is 173 g/mol. The molecule has 1 fully saturated rings. The smallest absolute Gasteiger partial charge is 0.337 e. The van der Waals surface area contributed by atoms with E-state index in [1.807, 2.05) is 6.92 Å². The molecule has 1 N–H and O–H groups in total. The van der Waals surface area contributed by atoms with E-state index in [9.17, 15) is 4.79 Å². The lowest BCUT2D eigenvalue weighted by atomic mass is 10.1. The zero-order valence-corrected chi connectivity index (χ0v) is 7.54. The Morgan fingerprint density at radius 1 is 1.75 bits per heavy atom. The van der Waals surface area contributed by atoms with E-state index >= 15 is 0 Å². The van der Waals surface area contributed by atoms with Crippen LogP contribution in [0.4, 0.5) is 0 Å². The molecule has 0 aromatic rings. The summed E-state index contributed by atoms with van der Waals surface area (Å²) in [7, 11) is 0. The highest BCUT2D eigenvalue weighted by Crippen LogP contribution is 2.17. The molecule has 4 nitrogen and oxygen atoms in total. The van der Waals surface area contributed by atoms with Gasteiger partial charge in [-0.15, -0.1) is 0 Å². The topological polar surface area (TPSA) is 49.8 Å². The molecule has 0 aromatic heterocycles. The van der Waals surface area contributed by atoms with E-state index in [2.05, 4.69) is 4.90 Å². The van der Waals surface area contributed by atoms with Gasteiger partial charge in [0.15, 0.2) is 5.60 Å². The second-order valence-electron chi connectivity index (χ2n) is 3.25. The third kappa shape index (κ3) is 1.76. The minimum Gasteiger partial charge on any atom is -0.479 e. The molecule has 0 saturated carbocycles. The Morgan fingerprint density at radius 2 is 2.42 bits per heavy atom. The van der Waals surface area contributed by atoms with Crippen molar-refractivity contribution in [2.45, 2.75) is 19.4 Å². The number of carbonyl (C=O) groups is 1. The standard InChI is InChI=1S/C8H15NO3/c1-3-9-4-5-12-8(2,6-9)7(10)11/h3-6H2,1-2H3,(H,10,11). The number of carboxylic acids is 1. The van der Waals surface area contributed by atoms with Crippen molar-refractivity contribution >= 4 is 5.97 Å². The van der Waals surface area contributed by atoms with Gasteiger partial charge in [0, 0.05) is 13.1 Å². The van der Waals surface area contributed by atoms with E-state index in [0.717, 1.165) is 13.1 Å². The van der Waals surface area contributed by atoms with Gasteiger partial charge in [-0.05, 0) is 13.5 Å². The molecule has 0 spiro atoms. The minimum atomic E-state index is -1.01. The predicted octanol–water partition coefficient (Wildman–Crippen LogP) is 0.182. The van der Waals surface area contributed by atoms with Crippen LogP contribution in [-0.2, 0) is 9.53 Å². The lowest BCUT2D eigenvalue weighted by molar-refractivity contribution is -0.174. The normalized spacial score (nSPS) is 31.8. The quantitative estimate of drug-likeness (QED) is 0.647. The molecule has 0 radical (unpaired) electrons. The molecule has 1 unspecified atom stereocenters. The number of carboxylic acid groups (broad SMARTS) is 1. The molecule has 4 heteroatoms. The molecular formula is C8H15NO3. The van der Waals surface area contributed by atoms with Gasteiger partial charge in [-0.1, -0.05) is 6.92 Å². The van der Waals surface area contributed by atoms with Gasteiger partial charge in [-0.25, -0.2) is 4.79 Å². The molecule has 1 saturated heterocycles. The summed E-state index contributed by atoms with van der Waals surface area (Å²) >= 11 is 0. The van der Waals surface area contributed by atoms with Gasteiger partial charge in [-0.2, -0.15) is 0 Å². The SMILES string of the molecule is CCN1CCOC(C)(C(=O)O)C1. The Morgan fingerprint density at radius 3 is 2.92 bits per heavy atom. The molecule has 0 amide bonds. The highest BCUT2D eigenvalue weighted by atomic mass is 16.5. The van der Waals surface area contributed by atoms with Gasteiger partial charge in [0.25, 0.3) is 0 Å². The van der Waals surface area contributed by atoms with Crippen molar-refractivity contribution in [3.8, 4) is 0 Å². The van der Waals surface area contributed by atoms with Crippen molar-refractivity contribution in [3.63, 3.8) is 0 Å². The summed E-state index contributed by atoms with van der Waals surface area (Å²) < 4.78 is 5.22. The Kier molecular flexibility index (Phi) is 2.69. The molecule has 1 atom stereocenters. The Bertz CT molecular complexity index is 183. The number of morpholine rings is 1. The van der Waals surface area contributed by atoms with Crippen LogP contribution in [0.1, 0.15) is 13.8 Å². The number of rotatable bonds is 2. The molecule has 1 aliphatic rings. The molecular weight excluding hydrogens is 158 g/mol. The fourth-order valence-electron chi connectivity index (χ4n) is 1.35. The van der Waals surface area contributed by atoms with Crippen molar-refractivity contribution in [2.75, 3.05) is 26.2 Å². The lowest BCUT2D eigenvalue weighted by Crippen LogP contribution is -2.54. The van der Waals surface area contributed by atoms with Gasteiger partial charge in [0.05, 0.1) is 6.61 Å². The maximum absolute atomic E-state index is 10.8. The summed E-state index contributed by atoms with van der Waals surface area (Å²) in [5.41, 5.74) is -1.01. The Balaban J connectivity index is 2.61. The lowest BCUT2D eigenvalue weighted by Gasteiger charge is -2.36. The number of hydrogen-bond donors (Lipinski definition) is 1. The van der Waals surface area contributed by atoms with Crippen LogP contribution in [0.15, 0.2) is 0 Å². The van der Waals surface area contributed by atoms with E-state index in [-0.39, 0.29) is 0 Å². The molecule has 1 rings (SSSR count). The fourth-order valence-corrected chi connectivity index (χ4v) is 1.35. The summed E-state index contributed by atoms with van der Waals surface area (Å²) in [5, 5.41) is 8.86. The summed E-state index contributed by atoms with van der Waals surface area (Å²) in [6.45, 7) is 6.35. The second kappa shape index (κ2) is 3.41. The van der Waals surface area contributed by atoms with E-state index in [1.54, 1.807) is 6.92 Å². The van der Waals surface area contributed by atoms with Crippen LogP contribution in [0.5, 0.6) is 0 Å². The second-order valence-corrected chi connectivity index (χ2v) is 3.25. The minimum absolute atomic E-state index is 0.485. The summed E-state index contributed by atoms with van der Waals surface area (Å²) in [5.74, 6) is -0.874. The number of aliphatic carboxylic acids is 1. The van der Waals surface area contributed by atoms with Crippen molar-refractivity contribution in [1.82, 2.24) is 4.90 Å². The molecule has 1 aliphatic heterocycles. The highest BCUT2D eigenvalue weighted by molar-refractivity contribution is 5.77. The van der Waals surface area contributed by atoms with E-state index in [1.165, 1.54) is 0 Å².